The van der Waals surface area contributed by atoms with E-state index in [-0.39, 0.29) is 0 Å². The Morgan fingerprint density at radius 2 is 2.20 bits per heavy atom. The van der Waals surface area contributed by atoms with Gasteiger partial charge in [0.2, 0.25) is 0 Å². The van der Waals surface area contributed by atoms with Crippen LogP contribution in [-0.4, -0.2) is 14.8 Å². The zero-order valence-corrected chi connectivity index (χ0v) is 9.79. The molecule has 84 valence electrons. The summed E-state index contributed by atoms with van der Waals surface area (Å²) in [6.45, 7) is 1.02. The smallest absolute Gasteiger partial charge is 0.147 e. The molecule has 0 N–H and O–H groups in total. The van der Waals surface area contributed by atoms with E-state index in [4.69, 9.17) is 11.6 Å². The van der Waals surface area contributed by atoms with Crippen LogP contribution in [0.2, 0.25) is 0 Å². The van der Waals surface area contributed by atoms with Crippen molar-refractivity contribution in [2.45, 2.75) is 50.9 Å². The van der Waals surface area contributed by atoms with E-state index in [0.29, 0.717) is 5.88 Å². The average Bonchev–Trinajstić information content (AvgIpc) is 2.88. The van der Waals surface area contributed by atoms with Gasteiger partial charge in [-0.15, -0.1) is 21.8 Å². The Morgan fingerprint density at radius 3 is 2.93 bits per heavy atom. The maximum atomic E-state index is 5.76. The molecule has 0 aliphatic heterocycles. The Labute approximate surface area is 95.8 Å². The Bertz CT molecular complexity index is 292. The van der Waals surface area contributed by atoms with Crippen molar-refractivity contribution in [3.05, 3.63) is 12.2 Å². The minimum absolute atomic E-state index is 0.462. The predicted octanol–water partition coefficient (Wildman–Crippen LogP) is 2.99. The van der Waals surface area contributed by atoms with E-state index in [1.54, 1.807) is 6.33 Å². The Balaban J connectivity index is 1.73. The van der Waals surface area contributed by atoms with E-state index in [2.05, 4.69) is 14.8 Å². The number of aromatic nitrogens is 3. The summed E-state index contributed by atoms with van der Waals surface area (Å²) in [5, 5.41) is 7.84. The van der Waals surface area contributed by atoms with Crippen molar-refractivity contribution in [3.63, 3.8) is 0 Å². The second-order valence-electron chi connectivity index (χ2n) is 4.37. The molecule has 1 aromatic rings. The summed E-state index contributed by atoms with van der Waals surface area (Å²) in [5.74, 6) is 2.33. The van der Waals surface area contributed by atoms with Crippen molar-refractivity contribution >= 4 is 11.6 Å². The van der Waals surface area contributed by atoms with E-state index in [1.807, 2.05) is 0 Å². The van der Waals surface area contributed by atoms with Gasteiger partial charge in [-0.3, -0.25) is 0 Å². The molecule has 0 saturated heterocycles. The van der Waals surface area contributed by atoms with Gasteiger partial charge >= 0.3 is 0 Å². The lowest BCUT2D eigenvalue weighted by Crippen LogP contribution is -2.03. The number of alkyl halides is 1. The molecule has 15 heavy (non-hydrogen) atoms. The van der Waals surface area contributed by atoms with Crippen molar-refractivity contribution in [1.29, 1.82) is 0 Å². The maximum absolute atomic E-state index is 5.76. The van der Waals surface area contributed by atoms with Crippen LogP contribution in [0.4, 0.5) is 0 Å². The lowest BCUT2D eigenvalue weighted by atomic mass is 10.0. The molecular formula is C11H18ClN3. The molecule has 0 unspecified atom stereocenters. The second kappa shape index (κ2) is 5.50. The first-order valence-electron chi connectivity index (χ1n) is 5.83. The summed E-state index contributed by atoms with van der Waals surface area (Å²) in [6.07, 6.45) is 10.1. The van der Waals surface area contributed by atoms with Gasteiger partial charge in [0.25, 0.3) is 0 Å². The molecular weight excluding hydrogens is 210 g/mol. The summed E-state index contributed by atoms with van der Waals surface area (Å²) < 4.78 is 2.07. The van der Waals surface area contributed by atoms with Gasteiger partial charge in [0.1, 0.15) is 12.2 Å². The van der Waals surface area contributed by atoms with E-state index in [9.17, 15) is 0 Å². The Hall–Kier alpha value is -0.570. The van der Waals surface area contributed by atoms with Crippen LogP contribution < -0.4 is 0 Å². The molecule has 2 rings (SSSR count). The summed E-state index contributed by atoms with van der Waals surface area (Å²) in [5.41, 5.74) is 0. The fourth-order valence-electron chi connectivity index (χ4n) is 2.42. The quantitative estimate of drug-likeness (QED) is 0.724. The lowest BCUT2D eigenvalue weighted by molar-refractivity contribution is 0.455. The molecule has 0 bridgehead atoms. The van der Waals surface area contributed by atoms with Crippen LogP contribution >= 0.6 is 11.6 Å². The molecule has 1 heterocycles. The number of aryl methyl sites for hydroxylation is 1. The Kier molecular flexibility index (Phi) is 4.01. The molecule has 1 aliphatic rings. The van der Waals surface area contributed by atoms with Crippen LogP contribution in [0, 0.1) is 5.92 Å². The van der Waals surface area contributed by atoms with Gasteiger partial charge in [-0.2, -0.15) is 0 Å². The molecule has 0 radical (unpaired) electrons. The van der Waals surface area contributed by atoms with Crippen LogP contribution in [0.3, 0.4) is 0 Å². The third kappa shape index (κ3) is 2.94. The van der Waals surface area contributed by atoms with Crippen molar-refractivity contribution < 1.29 is 0 Å². The highest BCUT2D eigenvalue weighted by Gasteiger charge is 2.14. The molecule has 1 aliphatic carbocycles. The summed E-state index contributed by atoms with van der Waals surface area (Å²) in [7, 11) is 0. The normalized spacial score (nSPS) is 17.4. The monoisotopic (exact) mass is 227 g/mol. The number of nitrogens with zero attached hydrogens (tertiary/aromatic N) is 3. The van der Waals surface area contributed by atoms with Crippen molar-refractivity contribution in [2.75, 3.05) is 0 Å². The predicted molar refractivity (Wildman–Crippen MR) is 60.8 cm³/mol. The Morgan fingerprint density at radius 1 is 1.40 bits per heavy atom. The van der Waals surface area contributed by atoms with Crippen LogP contribution in [0.1, 0.15) is 44.3 Å². The van der Waals surface area contributed by atoms with E-state index in [0.717, 1.165) is 18.3 Å². The maximum Gasteiger partial charge on any atom is 0.147 e. The minimum atomic E-state index is 0.462. The summed E-state index contributed by atoms with van der Waals surface area (Å²) in [6, 6.07) is 0. The van der Waals surface area contributed by atoms with Gasteiger partial charge in [0.05, 0.1) is 5.88 Å². The molecule has 0 aromatic carbocycles. The molecule has 1 saturated carbocycles. The first kappa shape index (κ1) is 10.9. The summed E-state index contributed by atoms with van der Waals surface area (Å²) in [4.78, 5) is 0. The lowest BCUT2D eigenvalue weighted by Gasteiger charge is -2.09. The highest BCUT2D eigenvalue weighted by Crippen LogP contribution is 2.28. The highest BCUT2D eigenvalue weighted by molar-refractivity contribution is 6.16. The topological polar surface area (TPSA) is 30.7 Å². The van der Waals surface area contributed by atoms with Gasteiger partial charge in [-0.05, 0) is 18.8 Å². The molecule has 1 fully saturated rings. The summed E-state index contributed by atoms with van der Waals surface area (Å²) >= 11 is 5.76. The molecule has 1 aromatic heterocycles. The number of rotatable bonds is 5. The van der Waals surface area contributed by atoms with E-state index >= 15 is 0 Å². The van der Waals surface area contributed by atoms with Crippen LogP contribution in [-0.2, 0) is 12.4 Å². The number of hydrogen-bond donors (Lipinski definition) is 0. The highest BCUT2D eigenvalue weighted by atomic mass is 35.5. The molecule has 0 amide bonds. The van der Waals surface area contributed by atoms with E-state index in [1.165, 1.54) is 38.5 Å². The van der Waals surface area contributed by atoms with Crippen molar-refractivity contribution in [1.82, 2.24) is 14.8 Å². The third-order valence-electron chi connectivity index (χ3n) is 3.30. The van der Waals surface area contributed by atoms with Gasteiger partial charge in [-0.25, -0.2) is 0 Å². The van der Waals surface area contributed by atoms with Gasteiger partial charge < -0.3 is 4.57 Å². The molecule has 0 spiro atoms. The molecule has 0 atom stereocenters. The van der Waals surface area contributed by atoms with Crippen molar-refractivity contribution in [3.8, 4) is 0 Å². The van der Waals surface area contributed by atoms with Gasteiger partial charge in [0.15, 0.2) is 0 Å². The fraction of sp³-hybridized carbons (Fsp3) is 0.818. The molecule has 4 heteroatoms. The standard InChI is InChI=1S/C11H18ClN3/c12-8-11-14-13-9-15(11)7-3-6-10-4-1-2-5-10/h9-10H,1-8H2. The van der Waals surface area contributed by atoms with Crippen LogP contribution in [0.5, 0.6) is 0 Å². The first-order chi connectivity index (χ1) is 7.40. The van der Waals surface area contributed by atoms with Crippen LogP contribution in [0.15, 0.2) is 6.33 Å². The fourth-order valence-corrected chi connectivity index (χ4v) is 2.63. The molecule has 3 nitrogen and oxygen atoms in total. The second-order valence-corrected chi connectivity index (χ2v) is 4.63. The SMILES string of the molecule is ClCc1nncn1CCCC1CCCC1. The number of hydrogen-bond acceptors (Lipinski definition) is 2. The average molecular weight is 228 g/mol. The largest absolute Gasteiger partial charge is 0.317 e. The first-order valence-corrected chi connectivity index (χ1v) is 6.36. The van der Waals surface area contributed by atoms with Crippen molar-refractivity contribution in [2.24, 2.45) is 5.92 Å². The van der Waals surface area contributed by atoms with Gasteiger partial charge in [0, 0.05) is 6.54 Å². The van der Waals surface area contributed by atoms with Gasteiger partial charge in [-0.1, -0.05) is 25.7 Å². The zero-order valence-electron chi connectivity index (χ0n) is 9.03. The van der Waals surface area contributed by atoms with E-state index < -0.39 is 0 Å². The third-order valence-corrected chi connectivity index (χ3v) is 3.54. The van der Waals surface area contributed by atoms with Crippen LogP contribution in [0.25, 0.3) is 0 Å². The zero-order chi connectivity index (χ0) is 10.5. The number of halogens is 1. The minimum Gasteiger partial charge on any atom is -0.317 e.